The first-order chi connectivity index (χ1) is 18.5. The third kappa shape index (κ3) is 5.16. The molecule has 2 heterocycles. The molecule has 7 nitrogen and oxygen atoms in total. The molecule has 2 atom stereocenters. The Kier molecular flexibility index (Phi) is 7.49. The lowest BCUT2D eigenvalue weighted by molar-refractivity contribution is -0.138. The van der Waals surface area contributed by atoms with Crippen LogP contribution in [-0.4, -0.2) is 57.1 Å². The molecule has 3 aromatic rings. The van der Waals surface area contributed by atoms with Gasteiger partial charge in [0.05, 0.1) is 26.2 Å². The number of methoxy groups -OCH3 is 2. The minimum atomic E-state index is -0.530. The predicted molar refractivity (Wildman–Crippen MR) is 144 cm³/mol. The van der Waals surface area contributed by atoms with Crippen LogP contribution in [0.5, 0.6) is 11.5 Å². The number of benzene rings is 3. The van der Waals surface area contributed by atoms with E-state index in [1.54, 1.807) is 43.4 Å². The summed E-state index contributed by atoms with van der Waals surface area (Å²) in [6, 6.07) is 20.8. The molecule has 0 aromatic heterocycles. The van der Waals surface area contributed by atoms with Crippen LogP contribution in [0.2, 0.25) is 0 Å². The van der Waals surface area contributed by atoms with Crippen LogP contribution in [0.3, 0.4) is 0 Å². The number of carbonyl (C=O) groups excluding carboxylic acids is 2. The van der Waals surface area contributed by atoms with Crippen LogP contribution in [-0.2, 0) is 9.59 Å². The second-order valence-corrected chi connectivity index (χ2v) is 9.61. The van der Waals surface area contributed by atoms with Gasteiger partial charge in [0.15, 0.2) is 0 Å². The standard InChI is InChI=1S/C30H32FN3O4/c1-37-25-11-7-23(8-12-25)32-17-19-33(20-18-32)30(36)27-15-16-28(35)34(24-9-13-26(38-2)14-10-24)29(27)21-3-5-22(31)6-4-21/h3-14,27,29H,15-20H2,1-2H3/t27-,29+/m1/s1. The number of hydrogen-bond acceptors (Lipinski definition) is 5. The van der Waals surface area contributed by atoms with E-state index in [0.29, 0.717) is 44.0 Å². The number of hydrogen-bond donors (Lipinski definition) is 0. The van der Waals surface area contributed by atoms with Gasteiger partial charge in [0.2, 0.25) is 11.8 Å². The number of nitrogens with zero attached hydrogens (tertiary/aromatic N) is 3. The first-order valence-electron chi connectivity index (χ1n) is 12.9. The van der Waals surface area contributed by atoms with Crippen molar-refractivity contribution in [2.75, 3.05) is 50.2 Å². The van der Waals surface area contributed by atoms with Crippen molar-refractivity contribution in [3.8, 4) is 11.5 Å². The van der Waals surface area contributed by atoms with Gasteiger partial charge < -0.3 is 24.2 Å². The van der Waals surface area contributed by atoms with Gasteiger partial charge in [-0.15, -0.1) is 0 Å². The normalized spacial score (nSPS) is 19.9. The number of piperazine rings is 1. The highest BCUT2D eigenvalue weighted by Crippen LogP contribution is 2.41. The Morgan fingerprint density at radius 2 is 1.34 bits per heavy atom. The number of ether oxygens (including phenoxy) is 2. The van der Waals surface area contributed by atoms with Crippen molar-refractivity contribution in [3.05, 3.63) is 84.2 Å². The van der Waals surface area contributed by atoms with Gasteiger partial charge in [0, 0.05) is 44.0 Å². The molecule has 2 aliphatic rings. The molecule has 2 fully saturated rings. The Morgan fingerprint density at radius 1 is 0.789 bits per heavy atom. The molecule has 0 radical (unpaired) electrons. The molecule has 38 heavy (non-hydrogen) atoms. The summed E-state index contributed by atoms with van der Waals surface area (Å²) in [5.41, 5.74) is 2.52. The van der Waals surface area contributed by atoms with Crippen molar-refractivity contribution < 1.29 is 23.5 Å². The molecule has 0 bridgehead atoms. The zero-order valence-electron chi connectivity index (χ0n) is 21.7. The molecule has 3 aromatic carbocycles. The van der Waals surface area contributed by atoms with Gasteiger partial charge in [-0.25, -0.2) is 4.39 Å². The maximum Gasteiger partial charge on any atom is 0.228 e. The van der Waals surface area contributed by atoms with Crippen LogP contribution < -0.4 is 19.3 Å². The van der Waals surface area contributed by atoms with E-state index in [9.17, 15) is 14.0 Å². The quantitative estimate of drug-likeness (QED) is 0.475. The fourth-order valence-electron chi connectivity index (χ4n) is 5.45. The van der Waals surface area contributed by atoms with Gasteiger partial charge >= 0.3 is 0 Å². The van der Waals surface area contributed by atoms with Gasteiger partial charge in [-0.05, 0) is 72.6 Å². The summed E-state index contributed by atoms with van der Waals surface area (Å²) < 4.78 is 24.4. The van der Waals surface area contributed by atoms with E-state index in [0.717, 1.165) is 17.0 Å². The van der Waals surface area contributed by atoms with E-state index < -0.39 is 12.0 Å². The van der Waals surface area contributed by atoms with Crippen LogP contribution in [0.15, 0.2) is 72.8 Å². The average Bonchev–Trinajstić information content (AvgIpc) is 2.97. The Morgan fingerprint density at radius 3 is 1.89 bits per heavy atom. The van der Waals surface area contributed by atoms with Crippen LogP contribution in [0.4, 0.5) is 15.8 Å². The highest BCUT2D eigenvalue weighted by molar-refractivity contribution is 5.97. The summed E-state index contributed by atoms with van der Waals surface area (Å²) in [5.74, 6) is 0.663. The summed E-state index contributed by atoms with van der Waals surface area (Å²) >= 11 is 0. The first kappa shape index (κ1) is 25.6. The summed E-state index contributed by atoms with van der Waals surface area (Å²) in [7, 11) is 3.23. The fraction of sp³-hybridized carbons (Fsp3) is 0.333. The maximum absolute atomic E-state index is 14.0. The largest absolute Gasteiger partial charge is 0.497 e. The van der Waals surface area contributed by atoms with E-state index in [-0.39, 0.29) is 24.1 Å². The monoisotopic (exact) mass is 517 g/mol. The first-order valence-corrected chi connectivity index (χ1v) is 12.9. The molecular formula is C30H32FN3O4. The molecule has 0 aliphatic carbocycles. The van der Waals surface area contributed by atoms with Gasteiger partial charge in [0.1, 0.15) is 17.3 Å². The number of carbonyl (C=O) groups is 2. The van der Waals surface area contributed by atoms with E-state index in [2.05, 4.69) is 4.90 Å². The van der Waals surface area contributed by atoms with Crippen LogP contribution in [0.25, 0.3) is 0 Å². The third-order valence-electron chi connectivity index (χ3n) is 7.51. The van der Waals surface area contributed by atoms with Crippen LogP contribution >= 0.6 is 0 Å². The highest BCUT2D eigenvalue weighted by atomic mass is 19.1. The Hall–Kier alpha value is -4.07. The van der Waals surface area contributed by atoms with Crippen molar-refractivity contribution in [3.63, 3.8) is 0 Å². The van der Waals surface area contributed by atoms with Crippen molar-refractivity contribution >= 4 is 23.2 Å². The molecule has 0 unspecified atom stereocenters. The Labute approximate surface area is 222 Å². The van der Waals surface area contributed by atoms with Gasteiger partial charge in [-0.2, -0.15) is 0 Å². The van der Waals surface area contributed by atoms with E-state index >= 15 is 0 Å². The van der Waals surface area contributed by atoms with Gasteiger partial charge in [0.25, 0.3) is 0 Å². The Bertz CT molecular complexity index is 1260. The van der Waals surface area contributed by atoms with E-state index in [1.807, 2.05) is 41.3 Å². The lowest BCUT2D eigenvalue weighted by Crippen LogP contribution is -2.54. The number of piperidine rings is 1. The molecule has 2 aliphatic heterocycles. The zero-order valence-corrected chi connectivity index (χ0v) is 21.7. The van der Waals surface area contributed by atoms with E-state index in [1.165, 1.54) is 12.1 Å². The molecule has 0 N–H and O–H groups in total. The second kappa shape index (κ2) is 11.1. The van der Waals surface area contributed by atoms with Crippen LogP contribution in [0.1, 0.15) is 24.4 Å². The summed E-state index contributed by atoms with van der Waals surface area (Å²) in [6.45, 7) is 2.61. The lowest BCUT2D eigenvalue weighted by Gasteiger charge is -2.44. The Balaban J connectivity index is 1.39. The topological polar surface area (TPSA) is 62.3 Å². The van der Waals surface area contributed by atoms with Crippen LogP contribution in [0, 0.1) is 11.7 Å². The molecule has 2 saturated heterocycles. The summed E-state index contributed by atoms with van der Waals surface area (Å²) in [6.07, 6.45) is 0.719. The second-order valence-electron chi connectivity index (χ2n) is 9.61. The summed E-state index contributed by atoms with van der Waals surface area (Å²) in [4.78, 5) is 33.1. The number of rotatable bonds is 6. The molecular weight excluding hydrogens is 485 g/mol. The molecule has 0 spiro atoms. The highest BCUT2D eigenvalue weighted by Gasteiger charge is 2.43. The van der Waals surface area contributed by atoms with Crippen molar-refractivity contribution in [2.24, 2.45) is 5.92 Å². The van der Waals surface area contributed by atoms with Gasteiger partial charge in [-0.3, -0.25) is 9.59 Å². The zero-order chi connectivity index (χ0) is 26.6. The summed E-state index contributed by atoms with van der Waals surface area (Å²) in [5, 5.41) is 0. The minimum absolute atomic E-state index is 0.0275. The third-order valence-corrected chi connectivity index (χ3v) is 7.51. The molecule has 198 valence electrons. The molecule has 2 amide bonds. The lowest BCUT2D eigenvalue weighted by atomic mass is 9.82. The molecule has 5 rings (SSSR count). The smallest absolute Gasteiger partial charge is 0.228 e. The predicted octanol–water partition coefficient (Wildman–Crippen LogP) is 4.68. The van der Waals surface area contributed by atoms with Crippen molar-refractivity contribution in [1.82, 2.24) is 4.90 Å². The number of halogens is 1. The number of amides is 2. The van der Waals surface area contributed by atoms with Crippen molar-refractivity contribution in [1.29, 1.82) is 0 Å². The minimum Gasteiger partial charge on any atom is -0.497 e. The SMILES string of the molecule is COc1ccc(N2CCN(C(=O)[C@@H]3CCC(=O)N(c4ccc(OC)cc4)[C@H]3c3ccc(F)cc3)CC2)cc1. The average molecular weight is 518 g/mol. The molecule has 0 saturated carbocycles. The fourth-order valence-corrected chi connectivity index (χ4v) is 5.45. The van der Waals surface area contributed by atoms with Crippen molar-refractivity contribution in [2.45, 2.75) is 18.9 Å². The number of anilines is 2. The van der Waals surface area contributed by atoms with Gasteiger partial charge in [-0.1, -0.05) is 12.1 Å². The van der Waals surface area contributed by atoms with E-state index in [4.69, 9.17) is 9.47 Å². The maximum atomic E-state index is 14.0. The molecule has 8 heteroatoms.